The van der Waals surface area contributed by atoms with Crippen LogP contribution in [0.15, 0.2) is 24.3 Å². The van der Waals surface area contributed by atoms with E-state index in [1.807, 2.05) is 0 Å². The molecule has 0 fully saturated rings. The van der Waals surface area contributed by atoms with Crippen LogP contribution in [-0.4, -0.2) is 37.2 Å². The highest BCUT2D eigenvalue weighted by molar-refractivity contribution is 5.71. The molecule has 0 N–H and O–H groups in total. The van der Waals surface area contributed by atoms with Gasteiger partial charge in [0.2, 0.25) is 0 Å². The Kier molecular flexibility index (Phi) is 58.6. The van der Waals surface area contributed by atoms with Gasteiger partial charge in [0, 0.05) is 19.3 Å². The van der Waals surface area contributed by atoms with Gasteiger partial charge in [0.1, 0.15) is 13.2 Å². The number of hydrogen-bond donors (Lipinski definition) is 0. The number of rotatable bonds is 59. The van der Waals surface area contributed by atoms with E-state index in [4.69, 9.17) is 14.2 Å². The van der Waals surface area contributed by atoms with Crippen molar-refractivity contribution in [2.75, 3.05) is 13.2 Å². The van der Waals surface area contributed by atoms with Crippen LogP contribution in [0.25, 0.3) is 0 Å². The summed E-state index contributed by atoms with van der Waals surface area (Å²) in [5.74, 6) is -0.867. The molecule has 6 nitrogen and oxygen atoms in total. The second-order valence-corrected chi connectivity index (χ2v) is 21.7. The third-order valence-corrected chi connectivity index (χ3v) is 14.4. The van der Waals surface area contributed by atoms with E-state index in [0.29, 0.717) is 19.3 Å². The van der Waals surface area contributed by atoms with Crippen molar-refractivity contribution in [2.45, 2.75) is 361 Å². The van der Waals surface area contributed by atoms with Gasteiger partial charge in [-0.05, 0) is 44.9 Å². The summed E-state index contributed by atoms with van der Waals surface area (Å²) in [6.07, 6.45) is 72.2. The summed E-state index contributed by atoms with van der Waals surface area (Å²) < 4.78 is 16.8. The van der Waals surface area contributed by atoms with E-state index < -0.39 is 6.10 Å². The topological polar surface area (TPSA) is 78.9 Å². The zero-order chi connectivity index (χ0) is 51.4. The van der Waals surface area contributed by atoms with Crippen molar-refractivity contribution < 1.29 is 28.6 Å². The molecule has 0 aliphatic rings. The van der Waals surface area contributed by atoms with E-state index in [9.17, 15) is 14.4 Å². The fourth-order valence-corrected chi connectivity index (χ4v) is 9.66. The lowest BCUT2D eigenvalue weighted by Gasteiger charge is -2.18. The molecule has 1 unspecified atom stereocenters. The van der Waals surface area contributed by atoms with E-state index in [1.165, 1.54) is 225 Å². The predicted molar refractivity (Wildman–Crippen MR) is 307 cm³/mol. The molecule has 0 aliphatic heterocycles. The second-order valence-electron chi connectivity index (χ2n) is 21.7. The molecule has 0 rings (SSSR count). The maximum Gasteiger partial charge on any atom is 0.306 e. The Hall–Kier alpha value is -2.11. The lowest BCUT2D eigenvalue weighted by atomic mass is 10.0. The molecular formula is C65H122O6. The second kappa shape index (κ2) is 60.4. The summed E-state index contributed by atoms with van der Waals surface area (Å²) in [7, 11) is 0. The van der Waals surface area contributed by atoms with Crippen LogP contribution in [0, 0.1) is 0 Å². The first-order chi connectivity index (χ1) is 35.0. The first-order valence-electron chi connectivity index (χ1n) is 31.8. The van der Waals surface area contributed by atoms with E-state index >= 15 is 0 Å². The third-order valence-electron chi connectivity index (χ3n) is 14.4. The Balaban J connectivity index is 4.03. The monoisotopic (exact) mass is 999 g/mol. The number of ether oxygens (including phenoxy) is 3. The van der Waals surface area contributed by atoms with Gasteiger partial charge in [0.15, 0.2) is 6.10 Å². The molecule has 0 aliphatic carbocycles. The van der Waals surface area contributed by atoms with Crippen LogP contribution in [0.3, 0.4) is 0 Å². The summed E-state index contributed by atoms with van der Waals surface area (Å²) >= 11 is 0. The van der Waals surface area contributed by atoms with Gasteiger partial charge in [-0.15, -0.1) is 0 Å². The van der Waals surface area contributed by atoms with Crippen LogP contribution in [0.1, 0.15) is 355 Å². The number of carbonyl (C=O) groups excluding carboxylic acids is 3. The Labute approximate surface area is 443 Å². The molecule has 71 heavy (non-hydrogen) atoms. The zero-order valence-corrected chi connectivity index (χ0v) is 48.0. The summed E-state index contributed by atoms with van der Waals surface area (Å²) in [5, 5.41) is 0. The van der Waals surface area contributed by atoms with Crippen LogP contribution >= 0.6 is 0 Å². The molecule has 0 radical (unpaired) electrons. The number of hydrogen-bond acceptors (Lipinski definition) is 6. The average Bonchev–Trinajstić information content (AvgIpc) is 3.37. The Morgan fingerprint density at radius 3 is 0.831 bits per heavy atom. The quantitative estimate of drug-likeness (QED) is 0.0261. The number of unbranched alkanes of at least 4 members (excludes halogenated alkanes) is 44. The first kappa shape index (κ1) is 68.9. The molecule has 0 amide bonds. The molecular weight excluding hydrogens is 877 g/mol. The van der Waals surface area contributed by atoms with E-state index in [1.54, 1.807) is 0 Å². The van der Waals surface area contributed by atoms with Gasteiger partial charge < -0.3 is 14.2 Å². The Morgan fingerprint density at radius 1 is 0.282 bits per heavy atom. The normalized spacial score (nSPS) is 12.1. The van der Waals surface area contributed by atoms with Gasteiger partial charge in [-0.3, -0.25) is 14.4 Å². The lowest BCUT2D eigenvalue weighted by molar-refractivity contribution is -0.167. The summed E-state index contributed by atoms with van der Waals surface area (Å²) in [4.78, 5) is 38.1. The summed E-state index contributed by atoms with van der Waals surface area (Å²) in [6.45, 7) is 6.60. The highest BCUT2D eigenvalue weighted by Gasteiger charge is 2.19. The average molecular weight is 1000 g/mol. The molecule has 0 saturated heterocycles. The van der Waals surface area contributed by atoms with Gasteiger partial charge in [0.25, 0.3) is 0 Å². The van der Waals surface area contributed by atoms with Crippen molar-refractivity contribution in [2.24, 2.45) is 0 Å². The van der Waals surface area contributed by atoms with Crippen molar-refractivity contribution in [3.8, 4) is 0 Å². The number of carbonyl (C=O) groups is 3. The lowest BCUT2D eigenvalue weighted by Crippen LogP contribution is -2.30. The van der Waals surface area contributed by atoms with E-state index in [0.717, 1.165) is 89.9 Å². The molecule has 1 atom stereocenters. The first-order valence-corrected chi connectivity index (χ1v) is 31.8. The Morgan fingerprint density at radius 2 is 0.535 bits per heavy atom. The summed E-state index contributed by atoms with van der Waals surface area (Å²) in [5.41, 5.74) is 0. The van der Waals surface area contributed by atoms with Gasteiger partial charge in [-0.25, -0.2) is 0 Å². The number of esters is 3. The van der Waals surface area contributed by atoms with Gasteiger partial charge in [-0.2, -0.15) is 0 Å². The van der Waals surface area contributed by atoms with Crippen molar-refractivity contribution in [3.05, 3.63) is 24.3 Å². The fourth-order valence-electron chi connectivity index (χ4n) is 9.66. The summed E-state index contributed by atoms with van der Waals surface area (Å²) in [6, 6.07) is 0. The van der Waals surface area contributed by atoms with Crippen LogP contribution < -0.4 is 0 Å². The van der Waals surface area contributed by atoms with Crippen molar-refractivity contribution in [1.82, 2.24) is 0 Å². The zero-order valence-electron chi connectivity index (χ0n) is 48.0. The molecule has 6 heteroatoms. The van der Waals surface area contributed by atoms with Gasteiger partial charge >= 0.3 is 17.9 Å². The van der Waals surface area contributed by atoms with Crippen LogP contribution in [-0.2, 0) is 28.6 Å². The molecule has 0 bridgehead atoms. The minimum Gasteiger partial charge on any atom is -0.462 e. The van der Waals surface area contributed by atoms with Crippen molar-refractivity contribution >= 4 is 17.9 Å². The molecule has 0 saturated carbocycles. The molecule has 0 aromatic heterocycles. The number of allylic oxidation sites excluding steroid dienone is 4. The molecule has 0 aromatic rings. The minimum absolute atomic E-state index is 0.0718. The fraction of sp³-hybridized carbons (Fsp3) is 0.892. The Bertz CT molecular complexity index is 1150. The van der Waals surface area contributed by atoms with Gasteiger partial charge in [-0.1, -0.05) is 315 Å². The minimum atomic E-state index is -0.773. The smallest absolute Gasteiger partial charge is 0.306 e. The predicted octanol–water partition coefficient (Wildman–Crippen LogP) is 21.4. The maximum absolute atomic E-state index is 12.8. The molecule has 418 valence electrons. The maximum atomic E-state index is 12.8. The van der Waals surface area contributed by atoms with Crippen LogP contribution in [0.4, 0.5) is 0 Å². The van der Waals surface area contributed by atoms with Crippen LogP contribution in [0.5, 0.6) is 0 Å². The highest BCUT2D eigenvalue weighted by Crippen LogP contribution is 2.18. The van der Waals surface area contributed by atoms with Crippen molar-refractivity contribution in [3.63, 3.8) is 0 Å². The molecule has 0 spiro atoms. The molecule has 0 aromatic carbocycles. The van der Waals surface area contributed by atoms with Gasteiger partial charge in [0.05, 0.1) is 0 Å². The third kappa shape index (κ3) is 58.7. The SMILES string of the molecule is CCC/C=C\C/C=C\CCCCCCCC(=O)OC(COC(=O)CCCCCCCCCCCC)COC(=O)CCCCCCCCCCCCCCCCCCCCCCCCCCCCCCCC. The standard InChI is InChI=1S/C65H122O6/c1-4-7-10-13-16-19-22-24-25-26-27-28-29-30-31-32-33-34-35-36-37-38-39-40-42-43-46-49-52-55-58-64(67)70-61-62(60-69-63(66)57-54-51-48-45-21-18-15-12-9-6-3)71-65(68)59-56-53-50-47-44-41-23-20-17-14-11-8-5-2/h11,14,20,23,62H,4-10,12-13,15-19,21-22,24-61H2,1-3H3/b14-11-,23-20-. The largest absolute Gasteiger partial charge is 0.462 e. The van der Waals surface area contributed by atoms with Crippen LogP contribution in [0.2, 0.25) is 0 Å². The van der Waals surface area contributed by atoms with E-state index in [-0.39, 0.29) is 31.1 Å². The highest BCUT2D eigenvalue weighted by atomic mass is 16.6. The van der Waals surface area contributed by atoms with E-state index in [2.05, 4.69) is 45.1 Å². The van der Waals surface area contributed by atoms with Crippen molar-refractivity contribution in [1.29, 1.82) is 0 Å². The molecule has 0 heterocycles.